The van der Waals surface area contributed by atoms with Crippen molar-refractivity contribution in [2.45, 2.75) is 31.8 Å². The zero-order valence-corrected chi connectivity index (χ0v) is 23.8. The first-order valence-corrected chi connectivity index (χ1v) is 15.1. The average molecular weight is 571 g/mol. The number of amides is 1. The van der Waals surface area contributed by atoms with Gasteiger partial charge in [0, 0.05) is 48.3 Å². The molecule has 0 spiro atoms. The van der Waals surface area contributed by atoms with Gasteiger partial charge in [-0.3, -0.25) is 14.9 Å². The molecule has 2 aliphatic heterocycles. The van der Waals surface area contributed by atoms with Crippen LogP contribution in [-0.4, -0.2) is 60.3 Å². The van der Waals surface area contributed by atoms with E-state index in [1.165, 1.54) is 11.9 Å². The lowest BCUT2D eigenvalue weighted by Gasteiger charge is -2.30. The maximum absolute atomic E-state index is 13.0. The standard InChI is InChI=1S/C30H34N8O2S/c1-41-37-30(39)25-17-24(21-7-8-26(34-19-21)38-15-11-20(18-31)12-16-38)27(28(32)40-23-9-13-33-14-10-23)29(36-25)35-22-5-3-2-4-6-22/h2-8,17,19-20,23,32-33H,9-16H2,1H3,(H,35,36)(H,37,39). The summed E-state index contributed by atoms with van der Waals surface area (Å²) in [6, 6.07) is 17.5. The number of ether oxygens (including phenoxy) is 1. The molecule has 2 fully saturated rings. The van der Waals surface area contributed by atoms with E-state index < -0.39 is 0 Å². The van der Waals surface area contributed by atoms with Gasteiger partial charge < -0.3 is 20.3 Å². The Morgan fingerprint density at radius 2 is 1.90 bits per heavy atom. The number of para-hydroxylation sites is 1. The van der Waals surface area contributed by atoms with Gasteiger partial charge in [-0.2, -0.15) is 5.26 Å². The van der Waals surface area contributed by atoms with Gasteiger partial charge >= 0.3 is 0 Å². The van der Waals surface area contributed by atoms with E-state index in [1.807, 2.05) is 42.5 Å². The summed E-state index contributed by atoms with van der Waals surface area (Å²) in [7, 11) is 0. The number of pyridine rings is 2. The van der Waals surface area contributed by atoms with Gasteiger partial charge in [0.1, 0.15) is 23.4 Å². The van der Waals surface area contributed by atoms with Crippen molar-refractivity contribution in [2.24, 2.45) is 5.92 Å². The Morgan fingerprint density at radius 3 is 2.56 bits per heavy atom. The van der Waals surface area contributed by atoms with Crippen LogP contribution in [-0.2, 0) is 4.74 Å². The quantitative estimate of drug-likeness (QED) is 0.172. The number of nitrogens with one attached hydrogen (secondary N) is 4. The van der Waals surface area contributed by atoms with E-state index in [9.17, 15) is 10.1 Å². The van der Waals surface area contributed by atoms with E-state index in [2.05, 4.69) is 31.3 Å². The molecule has 2 saturated heterocycles. The minimum atomic E-state index is -0.336. The van der Waals surface area contributed by atoms with E-state index in [-0.39, 0.29) is 29.5 Å². The highest BCUT2D eigenvalue weighted by Crippen LogP contribution is 2.33. The predicted octanol–water partition coefficient (Wildman–Crippen LogP) is 4.73. The molecule has 0 saturated carbocycles. The first kappa shape index (κ1) is 28.4. The van der Waals surface area contributed by atoms with Crippen LogP contribution in [0.5, 0.6) is 0 Å². The van der Waals surface area contributed by atoms with Crippen LogP contribution in [0.4, 0.5) is 17.3 Å². The lowest BCUT2D eigenvalue weighted by Crippen LogP contribution is -2.34. The fraction of sp³-hybridized carbons (Fsp3) is 0.367. The number of piperidine rings is 2. The molecular formula is C30H34N8O2S. The topological polar surface area (TPSA) is 139 Å². The molecule has 0 bridgehead atoms. The molecule has 0 radical (unpaired) electrons. The molecule has 1 aromatic carbocycles. The Morgan fingerprint density at radius 1 is 1.15 bits per heavy atom. The summed E-state index contributed by atoms with van der Waals surface area (Å²) in [5, 5.41) is 25.0. The van der Waals surface area contributed by atoms with Crippen LogP contribution in [0.2, 0.25) is 0 Å². The maximum atomic E-state index is 13.0. The molecule has 10 nitrogen and oxygen atoms in total. The number of rotatable bonds is 8. The Labute approximate surface area is 244 Å². The van der Waals surface area contributed by atoms with Crippen LogP contribution in [0, 0.1) is 22.7 Å². The maximum Gasteiger partial charge on any atom is 0.279 e. The third-order valence-corrected chi connectivity index (χ3v) is 7.73. The number of nitrogens with zero attached hydrogens (tertiary/aromatic N) is 4. The van der Waals surface area contributed by atoms with Crippen molar-refractivity contribution < 1.29 is 9.53 Å². The Balaban J connectivity index is 1.55. The molecule has 3 aromatic rings. The Hall–Kier alpha value is -4.14. The van der Waals surface area contributed by atoms with Crippen LogP contribution in [0.25, 0.3) is 11.1 Å². The molecule has 0 atom stereocenters. The monoisotopic (exact) mass is 570 g/mol. The molecule has 2 aliphatic rings. The van der Waals surface area contributed by atoms with Crippen LogP contribution in [0.15, 0.2) is 54.7 Å². The highest BCUT2D eigenvalue weighted by atomic mass is 32.2. The molecule has 4 heterocycles. The number of anilines is 3. The van der Waals surface area contributed by atoms with E-state index >= 15 is 0 Å². The summed E-state index contributed by atoms with van der Waals surface area (Å²) in [6.45, 7) is 3.24. The zero-order valence-electron chi connectivity index (χ0n) is 23.0. The Kier molecular flexibility index (Phi) is 9.33. The van der Waals surface area contributed by atoms with Crippen LogP contribution in [0.3, 0.4) is 0 Å². The Bertz CT molecular complexity index is 1400. The SMILES string of the molecule is CSNC(=O)c1cc(-c2ccc(N3CCC(C#N)CC3)nc2)c(C(=N)OC2CCNCC2)c(Nc2ccccc2)n1. The van der Waals surface area contributed by atoms with Gasteiger partial charge in [0.25, 0.3) is 5.91 Å². The number of nitriles is 1. The fourth-order valence-electron chi connectivity index (χ4n) is 5.12. The van der Waals surface area contributed by atoms with E-state index in [1.54, 1.807) is 18.5 Å². The average Bonchev–Trinajstić information content (AvgIpc) is 3.02. The molecule has 5 rings (SSSR count). The third-order valence-electron chi connectivity index (χ3n) is 7.34. The highest BCUT2D eigenvalue weighted by Gasteiger charge is 2.26. The van der Waals surface area contributed by atoms with Gasteiger partial charge in [-0.1, -0.05) is 30.1 Å². The minimum absolute atomic E-state index is 0.00249. The minimum Gasteiger partial charge on any atom is -0.474 e. The number of aromatic nitrogens is 2. The van der Waals surface area contributed by atoms with Crippen molar-refractivity contribution in [2.75, 3.05) is 42.7 Å². The van der Waals surface area contributed by atoms with Gasteiger partial charge in [0.2, 0.25) is 5.90 Å². The summed E-state index contributed by atoms with van der Waals surface area (Å²) in [5.74, 6) is 0.956. The molecule has 0 aliphatic carbocycles. The first-order chi connectivity index (χ1) is 20.1. The van der Waals surface area contributed by atoms with Crippen LogP contribution < -0.4 is 20.3 Å². The van der Waals surface area contributed by atoms with Gasteiger partial charge in [-0.25, -0.2) is 9.97 Å². The molecule has 0 unspecified atom stereocenters. The van der Waals surface area contributed by atoms with E-state index in [4.69, 9.17) is 15.1 Å². The van der Waals surface area contributed by atoms with Gasteiger partial charge in [0.05, 0.1) is 11.6 Å². The van der Waals surface area contributed by atoms with Gasteiger partial charge in [-0.15, -0.1) is 0 Å². The van der Waals surface area contributed by atoms with E-state index in [0.717, 1.165) is 68.9 Å². The predicted molar refractivity (Wildman–Crippen MR) is 163 cm³/mol. The second kappa shape index (κ2) is 13.5. The summed E-state index contributed by atoms with van der Waals surface area (Å²) < 4.78 is 8.97. The fourth-order valence-corrected chi connectivity index (χ4v) is 5.41. The number of carbonyl (C=O) groups is 1. The van der Waals surface area contributed by atoms with Gasteiger partial charge in [-0.05, 0) is 69.1 Å². The summed E-state index contributed by atoms with van der Waals surface area (Å²) in [4.78, 5) is 24.6. The number of benzene rings is 1. The smallest absolute Gasteiger partial charge is 0.279 e. The molecule has 1 amide bonds. The highest BCUT2D eigenvalue weighted by molar-refractivity contribution is 7.97. The van der Waals surface area contributed by atoms with Crippen LogP contribution >= 0.6 is 11.9 Å². The number of hydrogen-bond donors (Lipinski definition) is 4. The van der Waals surface area contributed by atoms with Crippen molar-refractivity contribution in [1.29, 1.82) is 10.7 Å². The molecule has 41 heavy (non-hydrogen) atoms. The summed E-state index contributed by atoms with van der Waals surface area (Å²) >= 11 is 1.20. The number of carbonyl (C=O) groups excluding carboxylic acids is 1. The van der Waals surface area contributed by atoms with Crippen molar-refractivity contribution in [3.8, 4) is 17.2 Å². The van der Waals surface area contributed by atoms with Crippen molar-refractivity contribution in [3.05, 3.63) is 66.0 Å². The zero-order chi connectivity index (χ0) is 28.6. The van der Waals surface area contributed by atoms with E-state index in [0.29, 0.717) is 16.9 Å². The van der Waals surface area contributed by atoms with Crippen molar-refractivity contribution in [1.82, 2.24) is 20.0 Å². The first-order valence-electron chi connectivity index (χ1n) is 13.8. The second-order valence-electron chi connectivity index (χ2n) is 10.1. The summed E-state index contributed by atoms with van der Waals surface area (Å²) in [6.07, 6.45) is 6.71. The molecule has 11 heteroatoms. The third kappa shape index (κ3) is 6.96. The molecule has 4 N–H and O–H groups in total. The van der Waals surface area contributed by atoms with Crippen LogP contribution in [0.1, 0.15) is 41.7 Å². The molecule has 2 aromatic heterocycles. The second-order valence-corrected chi connectivity index (χ2v) is 10.7. The normalized spacial score (nSPS) is 16.0. The largest absolute Gasteiger partial charge is 0.474 e. The molecular weight excluding hydrogens is 536 g/mol. The molecule has 212 valence electrons. The lowest BCUT2D eigenvalue weighted by atomic mass is 9.98. The summed E-state index contributed by atoms with van der Waals surface area (Å²) in [5.41, 5.74) is 2.83. The van der Waals surface area contributed by atoms with Crippen molar-refractivity contribution >= 4 is 41.1 Å². The lowest BCUT2D eigenvalue weighted by molar-refractivity contribution is 0.0979. The van der Waals surface area contributed by atoms with Crippen molar-refractivity contribution in [3.63, 3.8) is 0 Å². The number of hydrogen-bond acceptors (Lipinski definition) is 10. The van der Waals surface area contributed by atoms with Gasteiger partial charge in [0.15, 0.2) is 0 Å².